The second kappa shape index (κ2) is 10.1. The molecular weight excluding hydrogens is 330 g/mol. The van der Waals surface area contributed by atoms with E-state index in [4.69, 9.17) is 4.74 Å². The molecule has 5 nitrogen and oxygen atoms in total. The van der Waals surface area contributed by atoms with Gasteiger partial charge in [0.25, 0.3) is 0 Å². The first-order chi connectivity index (χ1) is 12.6. The van der Waals surface area contributed by atoms with Crippen molar-refractivity contribution in [1.29, 1.82) is 0 Å². The first kappa shape index (κ1) is 20.1. The smallest absolute Gasteiger partial charge is 0.326 e. The van der Waals surface area contributed by atoms with Gasteiger partial charge in [0.2, 0.25) is 5.91 Å². The van der Waals surface area contributed by atoms with Crippen molar-refractivity contribution >= 4 is 23.3 Å². The van der Waals surface area contributed by atoms with Crippen LogP contribution in [0.2, 0.25) is 0 Å². The first-order valence-corrected chi connectivity index (χ1v) is 9.73. The van der Waals surface area contributed by atoms with E-state index in [1.54, 1.807) is 30.0 Å². The van der Waals surface area contributed by atoms with Crippen LogP contribution >= 0.6 is 0 Å². The van der Waals surface area contributed by atoms with Gasteiger partial charge < -0.3 is 9.64 Å². The van der Waals surface area contributed by atoms with Gasteiger partial charge in [-0.25, -0.2) is 0 Å². The number of esters is 1. The highest BCUT2D eigenvalue weighted by molar-refractivity contribution is 6.30. The molecule has 0 aromatic heterocycles. The van der Waals surface area contributed by atoms with Gasteiger partial charge in [-0.3, -0.25) is 14.4 Å². The number of unbranched alkanes of at least 4 members (excludes halogenated alkanes) is 6. The van der Waals surface area contributed by atoms with E-state index in [-0.39, 0.29) is 6.61 Å². The number of Topliss-reactive ketones (excluding diaryl/α,β-unsaturated/α-hetero) is 1. The molecule has 1 aromatic carbocycles. The molecule has 1 heterocycles. The second-order valence-corrected chi connectivity index (χ2v) is 6.68. The molecule has 0 saturated heterocycles. The van der Waals surface area contributed by atoms with Gasteiger partial charge in [-0.15, -0.1) is 0 Å². The zero-order valence-corrected chi connectivity index (χ0v) is 15.8. The summed E-state index contributed by atoms with van der Waals surface area (Å²) in [5.41, 5.74) is 1.03. The lowest BCUT2D eigenvalue weighted by Crippen LogP contribution is -2.48. The fourth-order valence-corrected chi connectivity index (χ4v) is 3.35. The number of benzene rings is 1. The Morgan fingerprint density at radius 3 is 2.35 bits per heavy atom. The van der Waals surface area contributed by atoms with Gasteiger partial charge in [-0.05, 0) is 25.5 Å². The summed E-state index contributed by atoms with van der Waals surface area (Å²) in [6, 6.07) is 7.00. The maximum absolute atomic E-state index is 12.8. The fourth-order valence-electron chi connectivity index (χ4n) is 3.35. The number of carbonyl (C=O) groups excluding carboxylic acids is 3. The Kier molecular flexibility index (Phi) is 7.82. The van der Waals surface area contributed by atoms with Crippen LogP contribution in [0.1, 0.15) is 69.2 Å². The Bertz CT molecular complexity index is 641. The average molecular weight is 359 g/mol. The van der Waals surface area contributed by atoms with Crippen LogP contribution in [0.3, 0.4) is 0 Å². The van der Waals surface area contributed by atoms with E-state index in [2.05, 4.69) is 6.92 Å². The number of nitrogens with zero attached hydrogens (tertiary/aromatic N) is 1. The standard InChI is InChI=1S/C21H29NO4/c1-3-5-6-7-8-9-12-15-22-17-14-11-10-13-16(17)19(23)18(20(22)24)21(25)26-4-2/h10-11,13-14,18H,3-9,12,15H2,1-2H3. The number of rotatable bonds is 10. The molecule has 1 aromatic rings. The highest BCUT2D eigenvalue weighted by Gasteiger charge is 2.44. The number of ether oxygens (including phenoxy) is 1. The van der Waals surface area contributed by atoms with Crippen LogP contribution in [0.25, 0.3) is 0 Å². The molecule has 0 spiro atoms. The molecule has 142 valence electrons. The predicted octanol–water partition coefficient (Wildman–Crippen LogP) is 4.15. The third-order valence-electron chi connectivity index (χ3n) is 4.74. The summed E-state index contributed by atoms with van der Waals surface area (Å²) in [5, 5.41) is 0. The fraction of sp³-hybridized carbons (Fsp3) is 0.571. The molecule has 0 saturated carbocycles. The minimum absolute atomic E-state index is 0.148. The van der Waals surface area contributed by atoms with Crippen LogP contribution in [-0.4, -0.2) is 30.8 Å². The molecule has 1 amide bonds. The van der Waals surface area contributed by atoms with E-state index in [9.17, 15) is 14.4 Å². The average Bonchev–Trinajstić information content (AvgIpc) is 2.63. The number of fused-ring (bicyclic) bond motifs is 1. The number of hydrogen-bond donors (Lipinski definition) is 0. The Labute approximate surface area is 155 Å². The first-order valence-electron chi connectivity index (χ1n) is 9.73. The highest BCUT2D eigenvalue weighted by atomic mass is 16.5. The molecule has 0 radical (unpaired) electrons. The number of para-hydroxylation sites is 1. The van der Waals surface area contributed by atoms with Crippen molar-refractivity contribution in [3.05, 3.63) is 29.8 Å². The summed E-state index contributed by atoms with van der Waals surface area (Å²) < 4.78 is 4.96. The van der Waals surface area contributed by atoms with Gasteiger partial charge in [0.05, 0.1) is 12.3 Å². The van der Waals surface area contributed by atoms with Crippen LogP contribution in [0.5, 0.6) is 0 Å². The van der Waals surface area contributed by atoms with Crippen molar-refractivity contribution in [2.75, 3.05) is 18.1 Å². The van der Waals surface area contributed by atoms with Gasteiger partial charge in [-0.1, -0.05) is 57.6 Å². The van der Waals surface area contributed by atoms with Crippen molar-refractivity contribution in [1.82, 2.24) is 0 Å². The maximum Gasteiger partial charge on any atom is 0.326 e. The Morgan fingerprint density at radius 1 is 1.00 bits per heavy atom. The molecule has 1 unspecified atom stereocenters. The van der Waals surface area contributed by atoms with E-state index < -0.39 is 23.6 Å². The zero-order chi connectivity index (χ0) is 18.9. The van der Waals surface area contributed by atoms with E-state index in [0.717, 1.165) is 19.3 Å². The molecule has 26 heavy (non-hydrogen) atoms. The van der Waals surface area contributed by atoms with Gasteiger partial charge in [0.1, 0.15) is 0 Å². The summed E-state index contributed by atoms with van der Waals surface area (Å²) in [5.74, 6) is -3.03. The lowest BCUT2D eigenvalue weighted by molar-refractivity contribution is -0.149. The number of hydrogen-bond acceptors (Lipinski definition) is 4. The van der Waals surface area contributed by atoms with E-state index >= 15 is 0 Å². The quantitative estimate of drug-likeness (QED) is 0.358. The van der Waals surface area contributed by atoms with Gasteiger partial charge in [0.15, 0.2) is 11.7 Å². The van der Waals surface area contributed by atoms with Crippen LogP contribution in [0.4, 0.5) is 5.69 Å². The minimum Gasteiger partial charge on any atom is -0.465 e. The number of amides is 1. The summed E-state index contributed by atoms with van der Waals surface area (Å²) >= 11 is 0. The maximum atomic E-state index is 12.8. The molecule has 2 rings (SSSR count). The van der Waals surface area contributed by atoms with Crippen molar-refractivity contribution in [3.63, 3.8) is 0 Å². The van der Waals surface area contributed by atoms with Crippen molar-refractivity contribution in [2.24, 2.45) is 5.92 Å². The highest BCUT2D eigenvalue weighted by Crippen LogP contribution is 2.31. The third-order valence-corrected chi connectivity index (χ3v) is 4.74. The Balaban J connectivity index is 2.06. The second-order valence-electron chi connectivity index (χ2n) is 6.68. The number of anilines is 1. The number of carbonyl (C=O) groups is 3. The van der Waals surface area contributed by atoms with Gasteiger partial charge in [-0.2, -0.15) is 0 Å². The molecule has 1 atom stereocenters. The summed E-state index contributed by atoms with van der Waals surface area (Å²) in [4.78, 5) is 39.2. The number of ketones is 1. The van der Waals surface area contributed by atoms with E-state index in [1.807, 2.05) is 6.07 Å². The monoisotopic (exact) mass is 359 g/mol. The zero-order valence-electron chi connectivity index (χ0n) is 15.8. The largest absolute Gasteiger partial charge is 0.465 e. The van der Waals surface area contributed by atoms with Gasteiger partial charge >= 0.3 is 5.97 Å². The Hall–Kier alpha value is -2.17. The van der Waals surface area contributed by atoms with Crippen molar-refractivity contribution in [2.45, 2.75) is 58.8 Å². The molecule has 0 bridgehead atoms. The van der Waals surface area contributed by atoms with Crippen molar-refractivity contribution in [3.8, 4) is 0 Å². The van der Waals surface area contributed by atoms with Crippen molar-refractivity contribution < 1.29 is 19.1 Å². The summed E-state index contributed by atoms with van der Waals surface area (Å²) in [7, 11) is 0. The van der Waals surface area contributed by atoms with Crippen LogP contribution < -0.4 is 4.90 Å². The molecule has 0 N–H and O–H groups in total. The molecule has 1 aliphatic rings. The molecule has 0 aliphatic carbocycles. The van der Waals surface area contributed by atoms with E-state index in [1.165, 1.54) is 25.7 Å². The molecular formula is C21H29NO4. The van der Waals surface area contributed by atoms with Crippen LogP contribution in [0, 0.1) is 5.92 Å². The van der Waals surface area contributed by atoms with Gasteiger partial charge in [0, 0.05) is 12.1 Å². The topological polar surface area (TPSA) is 63.7 Å². The van der Waals surface area contributed by atoms with Crippen LogP contribution in [0.15, 0.2) is 24.3 Å². The lowest BCUT2D eigenvalue weighted by Gasteiger charge is -2.32. The lowest BCUT2D eigenvalue weighted by atomic mass is 9.90. The minimum atomic E-state index is -1.37. The Morgan fingerprint density at radius 2 is 1.65 bits per heavy atom. The summed E-state index contributed by atoms with van der Waals surface area (Å²) in [6.07, 6.45) is 7.99. The third kappa shape index (κ3) is 4.71. The summed E-state index contributed by atoms with van der Waals surface area (Å²) in [6.45, 7) is 4.53. The van der Waals surface area contributed by atoms with Crippen LogP contribution in [-0.2, 0) is 14.3 Å². The molecule has 0 fully saturated rings. The predicted molar refractivity (Wildman–Crippen MR) is 101 cm³/mol. The van der Waals surface area contributed by atoms with E-state index in [0.29, 0.717) is 17.8 Å². The SMILES string of the molecule is CCCCCCCCCN1C(=O)C(C(=O)OCC)C(=O)c2ccccc21. The normalized spacial score (nSPS) is 16.5. The molecule has 1 aliphatic heterocycles. The molecule has 5 heteroatoms.